The summed E-state index contributed by atoms with van der Waals surface area (Å²) in [5.41, 5.74) is 0.963. The Morgan fingerprint density at radius 3 is 2.43 bits per heavy atom. The molecular weight excluding hydrogens is 418 g/mol. The Labute approximate surface area is 183 Å². The van der Waals surface area contributed by atoms with Gasteiger partial charge in [0.2, 0.25) is 15.9 Å². The number of thiophene rings is 1. The molecular formula is C22H31N3O3S2. The number of carbonyl (C=O) groups is 1. The summed E-state index contributed by atoms with van der Waals surface area (Å²) in [7, 11) is 0.612. The summed E-state index contributed by atoms with van der Waals surface area (Å²) >= 11 is 1.69. The van der Waals surface area contributed by atoms with Crippen LogP contribution in [0.15, 0.2) is 46.7 Å². The second-order valence-corrected chi connectivity index (χ2v) is 10.8. The molecule has 30 heavy (non-hydrogen) atoms. The summed E-state index contributed by atoms with van der Waals surface area (Å²) in [6.45, 7) is 1.77. The van der Waals surface area contributed by atoms with Crippen LogP contribution in [0.5, 0.6) is 0 Å². The molecule has 0 radical (unpaired) electrons. The Bertz CT molecular complexity index is 904. The van der Waals surface area contributed by atoms with Gasteiger partial charge in [-0.2, -0.15) is 4.31 Å². The van der Waals surface area contributed by atoms with Gasteiger partial charge in [-0.3, -0.25) is 4.79 Å². The third-order valence-corrected chi connectivity index (χ3v) is 8.39. The van der Waals surface area contributed by atoms with Crippen molar-refractivity contribution in [3.05, 3.63) is 52.2 Å². The Kier molecular flexibility index (Phi) is 8.05. The van der Waals surface area contributed by atoms with Crippen LogP contribution in [0.1, 0.15) is 42.2 Å². The normalized spacial score (nSPS) is 16.5. The number of piperidine rings is 1. The molecule has 0 spiro atoms. The van der Waals surface area contributed by atoms with Gasteiger partial charge in [-0.05, 0) is 62.5 Å². The molecule has 1 unspecified atom stereocenters. The van der Waals surface area contributed by atoms with Gasteiger partial charge >= 0.3 is 0 Å². The number of aryl methyl sites for hydroxylation is 1. The molecule has 3 rings (SSSR count). The number of carbonyl (C=O) groups excluding carboxylic acids is 1. The SMILES string of the molecule is CN(C)C(CNC(=O)CCc1ccc(S(=O)(=O)N2CCCCC2)cc1)c1cccs1. The van der Waals surface area contributed by atoms with Gasteiger partial charge in [-0.1, -0.05) is 24.6 Å². The lowest BCUT2D eigenvalue weighted by atomic mass is 10.1. The van der Waals surface area contributed by atoms with Crippen molar-refractivity contribution in [3.8, 4) is 0 Å². The zero-order valence-corrected chi connectivity index (χ0v) is 19.3. The summed E-state index contributed by atoms with van der Waals surface area (Å²) < 4.78 is 27.0. The second kappa shape index (κ2) is 10.5. The quantitative estimate of drug-likeness (QED) is 0.638. The van der Waals surface area contributed by atoms with Crippen LogP contribution in [0.3, 0.4) is 0 Å². The predicted octanol–water partition coefficient (Wildman–Crippen LogP) is 3.27. The zero-order chi connectivity index (χ0) is 21.6. The van der Waals surface area contributed by atoms with Crippen LogP contribution < -0.4 is 5.32 Å². The molecule has 2 aromatic rings. The number of amides is 1. The van der Waals surface area contributed by atoms with E-state index in [-0.39, 0.29) is 11.9 Å². The lowest BCUT2D eigenvalue weighted by Gasteiger charge is -2.25. The van der Waals surface area contributed by atoms with E-state index >= 15 is 0 Å². The predicted molar refractivity (Wildman–Crippen MR) is 121 cm³/mol. The average Bonchev–Trinajstić information content (AvgIpc) is 3.27. The van der Waals surface area contributed by atoms with Crippen molar-refractivity contribution in [2.24, 2.45) is 0 Å². The molecule has 8 heteroatoms. The third kappa shape index (κ3) is 5.91. The molecule has 0 aliphatic carbocycles. The number of sulfonamides is 1. The lowest BCUT2D eigenvalue weighted by molar-refractivity contribution is -0.121. The van der Waals surface area contributed by atoms with E-state index in [9.17, 15) is 13.2 Å². The van der Waals surface area contributed by atoms with Crippen molar-refractivity contribution in [3.63, 3.8) is 0 Å². The molecule has 1 aromatic carbocycles. The van der Waals surface area contributed by atoms with Gasteiger partial charge < -0.3 is 10.2 Å². The van der Waals surface area contributed by atoms with Gasteiger partial charge in [0.15, 0.2) is 0 Å². The van der Waals surface area contributed by atoms with Gasteiger partial charge in [0.05, 0.1) is 10.9 Å². The van der Waals surface area contributed by atoms with Gasteiger partial charge in [-0.15, -0.1) is 11.3 Å². The third-order valence-electron chi connectivity index (χ3n) is 5.50. The number of benzene rings is 1. The molecule has 1 amide bonds. The fraction of sp³-hybridized carbons (Fsp3) is 0.500. The van der Waals surface area contributed by atoms with Crippen molar-refractivity contribution in [1.82, 2.24) is 14.5 Å². The van der Waals surface area contributed by atoms with E-state index in [4.69, 9.17) is 0 Å². The number of hydrogen-bond donors (Lipinski definition) is 1. The highest BCUT2D eigenvalue weighted by molar-refractivity contribution is 7.89. The number of nitrogens with one attached hydrogen (secondary N) is 1. The Balaban J connectivity index is 1.50. The fourth-order valence-corrected chi connectivity index (χ4v) is 6.10. The van der Waals surface area contributed by atoms with Crippen LogP contribution in [0.25, 0.3) is 0 Å². The summed E-state index contributed by atoms with van der Waals surface area (Å²) in [4.78, 5) is 16.0. The summed E-state index contributed by atoms with van der Waals surface area (Å²) in [5, 5.41) is 5.07. The second-order valence-electron chi connectivity index (χ2n) is 7.91. The molecule has 2 heterocycles. The Morgan fingerprint density at radius 2 is 1.83 bits per heavy atom. The molecule has 1 saturated heterocycles. The summed E-state index contributed by atoms with van der Waals surface area (Å²) in [6, 6.07) is 11.2. The van der Waals surface area contributed by atoms with Crippen molar-refractivity contribution < 1.29 is 13.2 Å². The van der Waals surface area contributed by atoms with Crippen LogP contribution in [0, 0.1) is 0 Å². The van der Waals surface area contributed by atoms with E-state index in [2.05, 4.69) is 16.3 Å². The highest BCUT2D eigenvalue weighted by atomic mass is 32.2. The maximum absolute atomic E-state index is 12.7. The molecule has 6 nitrogen and oxygen atoms in total. The van der Waals surface area contributed by atoms with E-state index in [1.807, 2.05) is 37.7 Å². The maximum atomic E-state index is 12.7. The van der Waals surface area contributed by atoms with Crippen molar-refractivity contribution >= 4 is 27.3 Å². The lowest BCUT2D eigenvalue weighted by Crippen LogP contribution is -2.35. The molecule has 1 fully saturated rings. The van der Waals surface area contributed by atoms with Gasteiger partial charge in [-0.25, -0.2) is 8.42 Å². The molecule has 164 valence electrons. The monoisotopic (exact) mass is 449 g/mol. The molecule has 1 N–H and O–H groups in total. The topological polar surface area (TPSA) is 69.7 Å². The van der Waals surface area contributed by atoms with Crippen LogP contribution in [-0.2, 0) is 21.2 Å². The number of nitrogens with zero attached hydrogens (tertiary/aromatic N) is 2. The minimum absolute atomic E-state index is 0.00317. The highest BCUT2D eigenvalue weighted by Gasteiger charge is 2.25. The number of hydrogen-bond acceptors (Lipinski definition) is 5. The first-order valence-corrected chi connectivity index (χ1v) is 12.8. The summed E-state index contributed by atoms with van der Waals surface area (Å²) in [5.74, 6) is 0.00317. The van der Waals surface area contributed by atoms with Crippen molar-refractivity contribution in [2.45, 2.75) is 43.0 Å². The molecule has 0 saturated carbocycles. The number of rotatable bonds is 9. The van der Waals surface area contributed by atoms with Crippen LogP contribution in [0.2, 0.25) is 0 Å². The standard InChI is InChI=1S/C22H31N3O3S2/c1-24(2)20(21-7-6-16-29-21)17-23-22(26)13-10-18-8-11-19(12-9-18)30(27,28)25-14-4-3-5-15-25/h6-9,11-12,16,20H,3-5,10,13-15,17H2,1-2H3,(H,23,26). The van der Waals surface area contributed by atoms with Crippen LogP contribution in [-0.4, -0.2) is 57.3 Å². The molecule has 1 aromatic heterocycles. The minimum atomic E-state index is -3.41. The maximum Gasteiger partial charge on any atom is 0.243 e. The van der Waals surface area contributed by atoms with Gasteiger partial charge in [0.25, 0.3) is 0 Å². The van der Waals surface area contributed by atoms with E-state index in [0.717, 1.165) is 24.8 Å². The highest BCUT2D eigenvalue weighted by Crippen LogP contribution is 2.23. The summed E-state index contributed by atoms with van der Waals surface area (Å²) in [6.07, 6.45) is 3.90. The van der Waals surface area contributed by atoms with E-state index in [1.54, 1.807) is 27.8 Å². The average molecular weight is 450 g/mol. The fourth-order valence-electron chi connectivity index (χ4n) is 3.66. The number of likely N-dealkylation sites (N-methyl/N-ethyl adjacent to an activating group) is 1. The molecule has 0 bridgehead atoms. The first-order chi connectivity index (χ1) is 14.4. The van der Waals surface area contributed by atoms with Crippen LogP contribution >= 0.6 is 11.3 Å². The first-order valence-electron chi connectivity index (χ1n) is 10.4. The smallest absolute Gasteiger partial charge is 0.243 e. The minimum Gasteiger partial charge on any atom is -0.354 e. The Morgan fingerprint density at radius 1 is 1.13 bits per heavy atom. The van der Waals surface area contributed by atoms with E-state index < -0.39 is 10.0 Å². The zero-order valence-electron chi connectivity index (χ0n) is 17.7. The van der Waals surface area contributed by atoms with Gasteiger partial charge in [0.1, 0.15) is 0 Å². The largest absolute Gasteiger partial charge is 0.354 e. The van der Waals surface area contributed by atoms with Crippen molar-refractivity contribution in [1.29, 1.82) is 0 Å². The Hall–Kier alpha value is -1.74. The first kappa shape index (κ1) is 22.9. The van der Waals surface area contributed by atoms with E-state index in [0.29, 0.717) is 37.4 Å². The molecule has 1 aliphatic rings. The molecule has 1 atom stereocenters. The van der Waals surface area contributed by atoms with E-state index in [1.165, 1.54) is 4.88 Å². The van der Waals surface area contributed by atoms with Crippen LogP contribution in [0.4, 0.5) is 0 Å². The molecule has 1 aliphatic heterocycles. The van der Waals surface area contributed by atoms with Gasteiger partial charge in [0, 0.05) is 30.9 Å². The van der Waals surface area contributed by atoms with Crippen molar-refractivity contribution in [2.75, 3.05) is 33.7 Å².